The van der Waals surface area contributed by atoms with Crippen LogP contribution in [0.25, 0.3) is 0 Å². The number of carboxylic acids is 1. The zero-order valence-corrected chi connectivity index (χ0v) is 12.2. The van der Waals surface area contributed by atoms with Gasteiger partial charge in [-0.25, -0.2) is 4.79 Å². The zero-order chi connectivity index (χ0) is 15.2. The predicted molar refractivity (Wildman–Crippen MR) is 77.8 cm³/mol. The fourth-order valence-corrected chi connectivity index (χ4v) is 2.56. The molecule has 2 amide bonds. The minimum atomic E-state index is -0.761. The van der Waals surface area contributed by atoms with Crippen molar-refractivity contribution >= 4 is 12.0 Å². The number of aromatic nitrogens is 1. The second-order valence-electron chi connectivity index (χ2n) is 5.46. The van der Waals surface area contributed by atoms with Crippen LogP contribution < -0.4 is 5.32 Å². The number of carboxylic acid groups (broad SMARTS) is 1. The molecule has 0 radical (unpaired) electrons. The summed E-state index contributed by atoms with van der Waals surface area (Å²) in [6.45, 7) is 3.56. The van der Waals surface area contributed by atoms with E-state index in [0.29, 0.717) is 19.6 Å². The van der Waals surface area contributed by atoms with Gasteiger partial charge in [0.2, 0.25) is 0 Å². The minimum absolute atomic E-state index is 0.105. The maximum absolute atomic E-state index is 12.1. The van der Waals surface area contributed by atoms with Gasteiger partial charge >= 0.3 is 12.0 Å². The van der Waals surface area contributed by atoms with Crippen LogP contribution in [0.2, 0.25) is 0 Å². The van der Waals surface area contributed by atoms with Crippen molar-refractivity contribution in [2.75, 3.05) is 13.1 Å². The van der Waals surface area contributed by atoms with Gasteiger partial charge in [0.05, 0.1) is 12.2 Å². The molecule has 6 heteroatoms. The summed E-state index contributed by atoms with van der Waals surface area (Å²) in [5.74, 6) is -0.576. The van der Waals surface area contributed by atoms with Crippen molar-refractivity contribution in [3.8, 4) is 0 Å². The van der Waals surface area contributed by atoms with Crippen molar-refractivity contribution in [1.29, 1.82) is 0 Å². The summed E-state index contributed by atoms with van der Waals surface area (Å²) in [7, 11) is 0. The molecule has 114 valence electrons. The van der Waals surface area contributed by atoms with Crippen molar-refractivity contribution in [3.63, 3.8) is 0 Å². The van der Waals surface area contributed by atoms with E-state index in [0.717, 1.165) is 24.2 Å². The van der Waals surface area contributed by atoms with Gasteiger partial charge in [0, 0.05) is 25.2 Å². The lowest BCUT2D eigenvalue weighted by Crippen LogP contribution is -2.44. The van der Waals surface area contributed by atoms with Crippen LogP contribution in [0, 0.1) is 12.8 Å². The molecule has 21 heavy (non-hydrogen) atoms. The molecule has 2 N–H and O–H groups in total. The first kappa shape index (κ1) is 15.3. The maximum Gasteiger partial charge on any atom is 0.317 e. The third kappa shape index (κ3) is 4.73. The number of piperidine rings is 1. The number of pyridine rings is 1. The first-order valence-corrected chi connectivity index (χ1v) is 7.21. The molecule has 6 nitrogen and oxygen atoms in total. The monoisotopic (exact) mass is 291 g/mol. The number of carbonyl (C=O) groups excluding carboxylic acids is 1. The van der Waals surface area contributed by atoms with Gasteiger partial charge in [0.1, 0.15) is 0 Å². The molecular formula is C15H21N3O3. The Morgan fingerprint density at radius 3 is 2.71 bits per heavy atom. The fourth-order valence-electron chi connectivity index (χ4n) is 2.56. The number of rotatable bonds is 4. The number of likely N-dealkylation sites (tertiary alicyclic amines) is 1. The first-order chi connectivity index (χ1) is 10.0. The van der Waals surface area contributed by atoms with Crippen LogP contribution in [0.4, 0.5) is 4.79 Å². The summed E-state index contributed by atoms with van der Waals surface area (Å²) in [5, 5.41) is 11.6. The quantitative estimate of drug-likeness (QED) is 0.886. The lowest BCUT2D eigenvalue weighted by atomic mass is 9.94. The smallest absolute Gasteiger partial charge is 0.317 e. The molecule has 0 bridgehead atoms. The number of amides is 2. The number of carbonyl (C=O) groups is 2. The molecule has 0 unspecified atom stereocenters. The minimum Gasteiger partial charge on any atom is -0.481 e. The zero-order valence-electron chi connectivity index (χ0n) is 12.2. The lowest BCUT2D eigenvalue weighted by Gasteiger charge is -2.31. The molecule has 1 aliphatic rings. The standard InChI is InChI=1S/C15H21N3O3/c1-11-3-2-4-13(17-11)10-16-15(21)18-7-5-12(6-8-18)9-14(19)20/h2-4,12H,5-10H2,1H3,(H,16,21)(H,19,20). The van der Waals surface area contributed by atoms with Gasteiger partial charge < -0.3 is 15.3 Å². The van der Waals surface area contributed by atoms with Crippen molar-refractivity contribution < 1.29 is 14.7 Å². The molecule has 1 saturated heterocycles. The molecule has 1 fully saturated rings. The molecule has 0 saturated carbocycles. The molecular weight excluding hydrogens is 270 g/mol. The van der Waals surface area contributed by atoms with E-state index in [9.17, 15) is 9.59 Å². The highest BCUT2D eigenvalue weighted by atomic mass is 16.4. The Kier molecular flexibility index (Phi) is 5.14. The summed E-state index contributed by atoms with van der Waals surface area (Å²) in [6, 6.07) is 5.61. The Hall–Kier alpha value is -2.11. The van der Waals surface area contributed by atoms with Gasteiger partial charge in [-0.05, 0) is 37.8 Å². The number of aryl methyl sites for hydroxylation is 1. The largest absolute Gasteiger partial charge is 0.481 e. The molecule has 1 aromatic heterocycles. The second kappa shape index (κ2) is 7.06. The number of nitrogens with one attached hydrogen (secondary N) is 1. The SMILES string of the molecule is Cc1cccc(CNC(=O)N2CCC(CC(=O)O)CC2)n1. The average Bonchev–Trinajstić information content (AvgIpc) is 2.45. The average molecular weight is 291 g/mol. The van der Waals surface area contributed by atoms with Gasteiger partial charge in [0.25, 0.3) is 0 Å². The lowest BCUT2D eigenvalue weighted by molar-refractivity contribution is -0.138. The van der Waals surface area contributed by atoms with Gasteiger partial charge in [-0.15, -0.1) is 0 Å². The van der Waals surface area contributed by atoms with Gasteiger partial charge in [0.15, 0.2) is 0 Å². The van der Waals surface area contributed by atoms with E-state index in [4.69, 9.17) is 5.11 Å². The topological polar surface area (TPSA) is 82.5 Å². The molecule has 0 atom stereocenters. The Morgan fingerprint density at radius 2 is 2.10 bits per heavy atom. The Balaban J connectivity index is 1.76. The number of hydrogen-bond acceptors (Lipinski definition) is 3. The van der Waals surface area contributed by atoms with Crippen LogP contribution in [0.3, 0.4) is 0 Å². The molecule has 2 heterocycles. The summed E-state index contributed by atoms with van der Waals surface area (Å²) < 4.78 is 0. The van der Waals surface area contributed by atoms with Gasteiger partial charge in [-0.2, -0.15) is 0 Å². The van der Waals surface area contributed by atoms with E-state index in [2.05, 4.69) is 10.3 Å². The summed E-state index contributed by atoms with van der Waals surface area (Å²) >= 11 is 0. The molecule has 0 aromatic carbocycles. The van der Waals surface area contributed by atoms with Crippen molar-refractivity contribution in [2.24, 2.45) is 5.92 Å². The number of hydrogen-bond donors (Lipinski definition) is 2. The Morgan fingerprint density at radius 1 is 1.38 bits per heavy atom. The summed E-state index contributed by atoms with van der Waals surface area (Å²) in [6.07, 6.45) is 1.70. The Labute approximate surface area is 124 Å². The van der Waals surface area contributed by atoms with Crippen LogP contribution in [0.15, 0.2) is 18.2 Å². The van der Waals surface area contributed by atoms with Crippen LogP contribution >= 0.6 is 0 Å². The normalized spacial score (nSPS) is 15.8. The summed E-state index contributed by atoms with van der Waals surface area (Å²) in [5.41, 5.74) is 1.76. The van der Waals surface area contributed by atoms with Crippen molar-refractivity contribution in [2.45, 2.75) is 32.7 Å². The van der Waals surface area contributed by atoms with Crippen molar-refractivity contribution in [1.82, 2.24) is 15.2 Å². The first-order valence-electron chi connectivity index (χ1n) is 7.21. The predicted octanol–water partition coefficient (Wildman–Crippen LogP) is 1.79. The van der Waals surface area contributed by atoms with Crippen LogP contribution in [0.1, 0.15) is 30.7 Å². The van der Waals surface area contributed by atoms with E-state index in [1.807, 2.05) is 25.1 Å². The maximum atomic E-state index is 12.1. The molecule has 1 aromatic rings. The fraction of sp³-hybridized carbons (Fsp3) is 0.533. The van der Waals surface area contributed by atoms with E-state index in [1.165, 1.54) is 0 Å². The van der Waals surface area contributed by atoms with Gasteiger partial charge in [-0.1, -0.05) is 6.07 Å². The molecule has 0 spiro atoms. The number of aliphatic carboxylic acids is 1. The van der Waals surface area contributed by atoms with Crippen LogP contribution in [0.5, 0.6) is 0 Å². The highest BCUT2D eigenvalue weighted by Gasteiger charge is 2.24. The number of urea groups is 1. The van der Waals surface area contributed by atoms with Crippen molar-refractivity contribution in [3.05, 3.63) is 29.6 Å². The summed E-state index contributed by atoms with van der Waals surface area (Å²) in [4.78, 5) is 28.8. The Bertz CT molecular complexity index is 511. The van der Waals surface area contributed by atoms with E-state index < -0.39 is 5.97 Å². The van der Waals surface area contributed by atoms with Gasteiger partial charge in [-0.3, -0.25) is 9.78 Å². The molecule has 2 rings (SSSR count). The highest BCUT2D eigenvalue weighted by Crippen LogP contribution is 2.20. The van der Waals surface area contributed by atoms with Crippen LogP contribution in [-0.4, -0.2) is 40.1 Å². The molecule has 0 aliphatic carbocycles. The molecule has 1 aliphatic heterocycles. The van der Waals surface area contributed by atoms with E-state index in [1.54, 1.807) is 4.90 Å². The third-order valence-corrected chi connectivity index (χ3v) is 3.73. The van der Waals surface area contributed by atoms with E-state index in [-0.39, 0.29) is 18.4 Å². The van der Waals surface area contributed by atoms with Crippen LogP contribution in [-0.2, 0) is 11.3 Å². The number of nitrogens with zero attached hydrogens (tertiary/aromatic N) is 2. The third-order valence-electron chi connectivity index (χ3n) is 3.73. The second-order valence-corrected chi connectivity index (χ2v) is 5.46. The highest BCUT2D eigenvalue weighted by molar-refractivity contribution is 5.74. The van der Waals surface area contributed by atoms with E-state index >= 15 is 0 Å².